The molecule has 0 aromatic heterocycles. The predicted octanol–water partition coefficient (Wildman–Crippen LogP) is 3.95. The average Bonchev–Trinajstić information content (AvgIpc) is 2.77. The van der Waals surface area contributed by atoms with Gasteiger partial charge in [-0.15, -0.1) is 0 Å². The van der Waals surface area contributed by atoms with Crippen molar-refractivity contribution in [3.63, 3.8) is 0 Å². The molecule has 1 aliphatic carbocycles. The number of aliphatic hydroxyl groups is 1. The van der Waals surface area contributed by atoms with Crippen molar-refractivity contribution in [1.29, 1.82) is 0 Å². The number of hydrogen-bond donors (Lipinski definition) is 2. The van der Waals surface area contributed by atoms with Crippen LogP contribution in [0.1, 0.15) is 44.3 Å². The van der Waals surface area contributed by atoms with Gasteiger partial charge in [0.1, 0.15) is 0 Å². The molecule has 0 aliphatic heterocycles. The average molecular weight is 288 g/mol. The lowest BCUT2D eigenvalue weighted by Gasteiger charge is -2.27. The largest absolute Gasteiger partial charge is 0.387 e. The summed E-state index contributed by atoms with van der Waals surface area (Å²) in [5, 5.41) is 14.8. The Morgan fingerprint density at radius 2 is 2.00 bits per heavy atom. The van der Waals surface area contributed by atoms with E-state index < -0.39 is 6.10 Å². The third-order valence-corrected chi connectivity index (χ3v) is 4.33. The topological polar surface area (TPSA) is 32.3 Å². The van der Waals surface area contributed by atoms with Crippen molar-refractivity contribution in [2.75, 3.05) is 6.54 Å². The summed E-state index contributed by atoms with van der Waals surface area (Å²) >= 11 is 12.0. The highest BCUT2D eigenvalue weighted by atomic mass is 35.5. The van der Waals surface area contributed by atoms with Gasteiger partial charge in [0.2, 0.25) is 0 Å². The summed E-state index contributed by atoms with van der Waals surface area (Å²) in [4.78, 5) is 0. The molecular formula is C14H19Cl2NO. The molecule has 0 heterocycles. The van der Waals surface area contributed by atoms with Gasteiger partial charge in [-0.25, -0.2) is 0 Å². The van der Waals surface area contributed by atoms with Gasteiger partial charge in [-0.05, 0) is 38.0 Å². The van der Waals surface area contributed by atoms with E-state index in [2.05, 4.69) is 12.2 Å². The Morgan fingerprint density at radius 3 is 2.67 bits per heavy atom. The number of benzene rings is 1. The number of hydrogen-bond acceptors (Lipinski definition) is 2. The predicted molar refractivity (Wildman–Crippen MR) is 76.3 cm³/mol. The number of rotatable bonds is 4. The van der Waals surface area contributed by atoms with Crippen LogP contribution in [-0.2, 0) is 0 Å². The first-order chi connectivity index (χ1) is 8.50. The van der Waals surface area contributed by atoms with E-state index in [1.807, 2.05) is 0 Å². The summed E-state index contributed by atoms with van der Waals surface area (Å²) in [6.07, 6.45) is 4.25. The van der Waals surface area contributed by atoms with Crippen LogP contribution in [0.5, 0.6) is 0 Å². The van der Waals surface area contributed by atoms with E-state index in [0.717, 1.165) is 0 Å². The molecule has 0 saturated heterocycles. The molecule has 1 aliphatic rings. The lowest BCUT2D eigenvalue weighted by molar-refractivity contribution is 0.159. The second kappa shape index (κ2) is 5.79. The second-order valence-electron chi connectivity index (χ2n) is 5.33. The van der Waals surface area contributed by atoms with E-state index in [-0.39, 0.29) is 5.54 Å². The summed E-state index contributed by atoms with van der Waals surface area (Å²) in [5.74, 6) is 0. The summed E-state index contributed by atoms with van der Waals surface area (Å²) in [7, 11) is 0. The molecule has 0 amide bonds. The Morgan fingerprint density at radius 1 is 1.33 bits per heavy atom. The normalized spacial score (nSPS) is 20.0. The maximum atomic E-state index is 10.2. The lowest BCUT2D eigenvalue weighted by Crippen LogP contribution is -2.41. The lowest BCUT2D eigenvalue weighted by atomic mass is 10.00. The van der Waals surface area contributed by atoms with Crippen LogP contribution in [-0.4, -0.2) is 17.2 Å². The summed E-state index contributed by atoms with van der Waals surface area (Å²) in [6.45, 7) is 2.73. The number of nitrogens with one attached hydrogen (secondary N) is 1. The smallest absolute Gasteiger partial charge is 0.0929 e. The molecule has 1 saturated carbocycles. The van der Waals surface area contributed by atoms with Crippen molar-refractivity contribution in [1.82, 2.24) is 5.32 Å². The van der Waals surface area contributed by atoms with E-state index in [1.54, 1.807) is 18.2 Å². The molecule has 1 fully saturated rings. The van der Waals surface area contributed by atoms with Gasteiger partial charge in [0.25, 0.3) is 0 Å². The first-order valence-electron chi connectivity index (χ1n) is 6.38. The van der Waals surface area contributed by atoms with Gasteiger partial charge in [0.15, 0.2) is 0 Å². The number of halogens is 2. The molecule has 1 unspecified atom stereocenters. The minimum absolute atomic E-state index is 0.159. The minimum atomic E-state index is -0.617. The highest BCUT2D eigenvalue weighted by Crippen LogP contribution is 2.30. The van der Waals surface area contributed by atoms with E-state index >= 15 is 0 Å². The van der Waals surface area contributed by atoms with E-state index in [1.165, 1.54) is 25.7 Å². The Hall–Kier alpha value is -0.280. The van der Waals surface area contributed by atoms with Gasteiger partial charge in [-0.3, -0.25) is 0 Å². The van der Waals surface area contributed by atoms with E-state index in [0.29, 0.717) is 22.2 Å². The summed E-state index contributed by atoms with van der Waals surface area (Å²) in [5.41, 5.74) is 0.852. The Kier molecular flexibility index (Phi) is 4.54. The molecule has 100 valence electrons. The zero-order valence-corrected chi connectivity index (χ0v) is 12.1. The van der Waals surface area contributed by atoms with E-state index in [9.17, 15) is 5.11 Å². The Balaban J connectivity index is 1.99. The van der Waals surface area contributed by atoms with Crippen LogP contribution in [0.25, 0.3) is 0 Å². The molecule has 18 heavy (non-hydrogen) atoms. The highest BCUT2D eigenvalue weighted by molar-refractivity contribution is 6.33. The zero-order valence-electron chi connectivity index (χ0n) is 10.5. The summed E-state index contributed by atoms with van der Waals surface area (Å²) < 4.78 is 0. The maximum Gasteiger partial charge on any atom is 0.0929 e. The first kappa shape index (κ1) is 14.1. The monoisotopic (exact) mass is 287 g/mol. The van der Waals surface area contributed by atoms with Gasteiger partial charge >= 0.3 is 0 Å². The van der Waals surface area contributed by atoms with Crippen molar-refractivity contribution in [3.05, 3.63) is 33.8 Å². The Bertz CT molecular complexity index is 416. The van der Waals surface area contributed by atoms with Crippen molar-refractivity contribution >= 4 is 23.2 Å². The van der Waals surface area contributed by atoms with Gasteiger partial charge < -0.3 is 10.4 Å². The number of β-amino-alcohol motifs (C(OH)–C–C–N with tert-alkyl or cyclic N) is 1. The molecule has 2 N–H and O–H groups in total. The van der Waals surface area contributed by atoms with Crippen LogP contribution in [0.2, 0.25) is 10.0 Å². The third-order valence-electron chi connectivity index (χ3n) is 3.75. The van der Waals surface area contributed by atoms with Crippen LogP contribution >= 0.6 is 23.2 Å². The molecular weight excluding hydrogens is 269 g/mol. The van der Waals surface area contributed by atoms with Crippen LogP contribution < -0.4 is 5.32 Å². The minimum Gasteiger partial charge on any atom is -0.387 e. The van der Waals surface area contributed by atoms with Gasteiger partial charge in [0.05, 0.1) is 6.10 Å². The summed E-state index contributed by atoms with van der Waals surface area (Å²) in [6, 6.07) is 5.18. The zero-order chi connectivity index (χ0) is 13.2. The molecule has 1 aromatic rings. The first-order valence-corrected chi connectivity index (χ1v) is 7.14. The fourth-order valence-electron chi connectivity index (χ4n) is 2.56. The quantitative estimate of drug-likeness (QED) is 0.879. The second-order valence-corrected chi connectivity index (χ2v) is 6.17. The SMILES string of the molecule is CC1(NCC(O)c2cc(Cl)ccc2Cl)CCCC1. The molecule has 1 atom stereocenters. The van der Waals surface area contributed by atoms with Crippen LogP contribution in [0.4, 0.5) is 0 Å². The Labute approximate surface area is 118 Å². The molecule has 0 bridgehead atoms. The molecule has 2 nitrogen and oxygen atoms in total. The fraction of sp³-hybridized carbons (Fsp3) is 0.571. The van der Waals surface area contributed by atoms with Crippen LogP contribution in [0.15, 0.2) is 18.2 Å². The fourth-order valence-corrected chi connectivity index (χ4v) is 2.98. The third kappa shape index (κ3) is 3.39. The molecule has 2 rings (SSSR count). The van der Waals surface area contributed by atoms with Crippen molar-refractivity contribution in [2.24, 2.45) is 0 Å². The van der Waals surface area contributed by atoms with Crippen molar-refractivity contribution < 1.29 is 5.11 Å². The maximum absolute atomic E-state index is 10.2. The van der Waals surface area contributed by atoms with Gasteiger partial charge in [0, 0.05) is 27.7 Å². The van der Waals surface area contributed by atoms with Gasteiger partial charge in [-0.2, -0.15) is 0 Å². The highest BCUT2D eigenvalue weighted by Gasteiger charge is 2.28. The van der Waals surface area contributed by atoms with Crippen LogP contribution in [0, 0.1) is 0 Å². The van der Waals surface area contributed by atoms with Crippen molar-refractivity contribution in [2.45, 2.75) is 44.2 Å². The van der Waals surface area contributed by atoms with E-state index in [4.69, 9.17) is 23.2 Å². The van der Waals surface area contributed by atoms with Crippen molar-refractivity contribution in [3.8, 4) is 0 Å². The number of aliphatic hydroxyl groups excluding tert-OH is 1. The van der Waals surface area contributed by atoms with Gasteiger partial charge in [-0.1, -0.05) is 36.0 Å². The molecule has 0 radical (unpaired) electrons. The van der Waals surface area contributed by atoms with Crippen LogP contribution in [0.3, 0.4) is 0 Å². The molecule has 4 heteroatoms. The molecule has 1 aromatic carbocycles. The molecule has 0 spiro atoms. The standard InChI is InChI=1S/C14H19Cl2NO/c1-14(6-2-3-7-14)17-9-13(18)11-8-10(15)4-5-12(11)16/h4-5,8,13,17-18H,2-3,6-7,9H2,1H3.